The Morgan fingerprint density at radius 1 is 0.226 bits per heavy atom. The van der Waals surface area contributed by atoms with E-state index in [1.165, 1.54) is 43.9 Å². The average molecular weight is 1360 g/mol. The Kier molecular flexibility index (Phi) is 15.5. The van der Waals surface area contributed by atoms with Gasteiger partial charge in [-0.2, -0.15) is 0 Å². The van der Waals surface area contributed by atoms with Gasteiger partial charge >= 0.3 is 0 Å². The van der Waals surface area contributed by atoms with Crippen molar-refractivity contribution in [3.05, 3.63) is 375 Å². The highest BCUT2D eigenvalue weighted by Gasteiger charge is 2.49. The summed E-state index contributed by atoms with van der Waals surface area (Å²) >= 11 is 0. The number of anilines is 18. The highest BCUT2D eigenvalue weighted by atomic mass is 15.2. The van der Waals surface area contributed by atoms with Crippen LogP contribution in [0.1, 0.15) is 52.7 Å². The summed E-state index contributed by atoms with van der Waals surface area (Å²) in [4.78, 5) is 15.3. The van der Waals surface area contributed by atoms with Crippen LogP contribution in [-0.2, 0) is 10.8 Å². The molecule has 0 radical (unpaired) electrons. The Balaban J connectivity index is 0.922. The average Bonchev–Trinajstić information content (AvgIpc) is 0.682. The van der Waals surface area contributed by atoms with E-state index in [4.69, 9.17) is 0 Å². The van der Waals surface area contributed by atoms with Crippen LogP contribution in [0.5, 0.6) is 0 Å². The molecule has 0 atom stereocenters. The summed E-state index contributed by atoms with van der Waals surface area (Å²) in [5.41, 5.74) is 34.3. The number of fused-ring (bicyclic) bond motifs is 8. The van der Waals surface area contributed by atoms with Crippen molar-refractivity contribution in [2.75, 3.05) is 29.4 Å². The molecule has 4 heterocycles. The monoisotopic (exact) mass is 1360 g/mol. The number of para-hydroxylation sites is 10. The van der Waals surface area contributed by atoms with Crippen molar-refractivity contribution in [3.8, 4) is 22.3 Å². The summed E-state index contributed by atoms with van der Waals surface area (Å²) < 4.78 is 0. The van der Waals surface area contributed by atoms with Gasteiger partial charge in [0, 0.05) is 90.8 Å². The molecule has 15 aromatic carbocycles. The molecule has 0 aromatic heterocycles. The summed E-state index contributed by atoms with van der Waals surface area (Å²) in [5, 5.41) is 0. The molecule has 106 heavy (non-hydrogen) atoms. The van der Waals surface area contributed by atoms with Gasteiger partial charge in [0.15, 0.2) is 0 Å². The lowest BCUT2D eigenvalue weighted by atomic mass is 9.30. The summed E-state index contributed by atoms with van der Waals surface area (Å²) in [6.07, 6.45) is 0. The molecule has 0 spiro atoms. The van der Waals surface area contributed by atoms with Crippen LogP contribution in [0.15, 0.2) is 364 Å². The lowest BCUT2D eigenvalue weighted by Gasteiger charge is -2.48. The molecular formula is C98H78B2N6. The molecule has 0 saturated heterocycles. The van der Waals surface area contributed by atoms with E-state index < -0.39 is 0 Å². The maximum absolute atomic E-state index is 2.65. The minimum Gasteiger partial charge on any atom is -0.311 e. The molecule has 8 heteroatoms. The van der Waals surface area contributed by atoms with E-state index in [9.17, 15) is 0 Å². The van der Waals surface area contributed by atoms with E-state index in [1.807, 2.05) is 0 Å². The zero-order valence-corrected chi connectivity index (χ0v) is 60.5. The van der Waals surface area contributed by atoms with E-state index in [2.05, 4.69) is 435 Å². The Hall–Kier alpha value is -12.8. The minimum absolute atomic E-state index is 0.00573. The minimum atomic E-state index is -0.234. The molecular weight excluding hydrogens is 1280 g/mol. The van der Waals surface area contributed by atoms with Crippen LogP contribution in [-0.4, -0.2) is 13.4 Å². The fraction of sp³-hybridized carbons (Fsp3) is 0.0816. The molecule has 15 aromatic rings. The molecule has 4 aliphatic rings. The summed E-state index contributed by atoms with van der Waals surface area (Å²) in [6, 6.07) is 136. The quantitative estimate of drug-likeness (QED) is 0.113. The normalized spacial score (nSPS) is 13.1. The number of rotatable bonds is 12. The van der Waals surface area contributed by atoms with Gasteiger partial charge in [-0.3, -0.25) is 0 Å². The van der Waals surface area contributed by atoms with Crippen molar-refractivity contribution in [1.29, 1.82) is 0 Å². The van der Waals surface area contributed by atoms with Gasteiger partial charge < -0.3 is 29.4 Å². The zero-order valence-electron chi connectivity index (χ0n) is 60.5. The first-order chi connectivity index (χ1) is 51.9. The SMILES string of the molecule is CC(C)(C)c1ccc(-c2ccccc2N(c2ccccc2)c2cc3c4c(c2)N(c2ccccc2-c2ccc(C(C)(C)C)cc2)c2ccccc2B4c2cc4c(cc2N3c2ccccc2)N(c2ccccc2)c2cc(N(c3ccccc3)c3ccccc3)cc3c2B4c2ccccc2N3c2ccccc2)cc1. The third-order valence-electron chi connectivity index (χ3n) is 22.1. The van der Waals surface area contributed by atoms with Crippen molar-refractivity contribution in [2.24, 2.45) is 0 Å². The molecule has 0 N–H and O–H groups in total. The Bertz CT molecular complexity index is 5790. The van der Waals surface area contributed by atoms with E-state index in [1.54, 1.807) is 0 Å². The molecule has 4 aliphatic heterocycles. The van der Waals surface area contributed by atoms with Gasteiger partial charge in [0.1, 0.15) is 0 Å². The number of hydrogen-bond donors (Lipinski definition) is 0. The molecule has 0 amide bonds. The maximum Gasteiger partial charge on any atom is 0.252 e. The number of benzene rings is 15. The molecule has 0 saturated carbocycles. The lowest BCUT2D eigenvalue weighted by Crippen LogP contribution is -2.65. The third-order valence-corrected chi connectivity index (χ3v) is 22.1. The highest BCUT2D eigenvalue weighted by Crippen LogP contribution is 2.54. The molecule has 0 fully saturated rings. The second kappa shape index (κ2) is 25.6. The molecule has 0 aliphatic carbocycles. The topological polar surface area (TPSA) is 19.4 Å². The van der Waals surface area contributed by atoms with E-state index >= 15 is 0 Å². The molecule has 6 nitrogen and oxygen atoms in total. The van der Waals surface area contributed by atoms with Crippen molar-refractivity contribution in [1.82, 2.24) is 0 Å². The maximum atomic E-state index is 2.65. The Morgan fingerprint density at radius 2 is 0.547 bits per heavy atom. The van der Waals surface area contributed by atoms with Crippen molar-refractivity contribution in [3.63, 3.8) is 0 Å². The number of hydrogen-bond acceptors (Lipinski definition) is 6. The van der Waals surface area contributed by atoms with Gasteiger partial charge in [-0.1, -0.05) is 278 Å². The van der Waals surface area contributed by atoms with Crippen LogP contribution >= 0.6 is 0 Å². The van der Waals surface area contributed by atoms with Gasteiger partial charge in [0.05, 0.1) is 22.7 Å². The first-order valence-corrected chi connectivity index (χ1v) is 37.1. The fourth-order valence-corrected chi connectivity index (χ4v) is 17.2. The second-order valence-electron chi connectivity index (χ2n) is 30.5. The fourth-order valence-electron chi connectivity index (χ4n) is 17.2. The van der Waals surface area contributed by atoms with E-state index in [0.717, 1.165) is 125 Å². The summed E-state index contributed by atoms with van der Waals surface area (Å²) in [7, 11) is 0. The van der Waals surface area contributed by atoms with E-state index in [0.29, 0.717) is 0 Å². The molecule has 0 unspecified atom stereocenters. The first kappa shape index (κ1) is 64.1. The van der Waals surface area contributed by atoms with Gasteiger partial charge in [0.2, 0.25) is 0 Å². The molecule has 506 valence electrons. The van der Waals surface area contributed by atoms with Gasteiger partial charge in [-0.05, 0) is 193 Å². The van der Waals surface area contributed by atoms with Gasteiger partial charge in [-0.15, -0.1) is 0 Å². The molecule has 19 rings (SSSR count). The zero-order chi connectivity index (χ0) is 71.4. The molecule has 0 bridgehead atoms. The number of nitrogens with zero attached hydrogens (tertiary/aromatic N) is 6. The van der Waals surface area contributed by atoms with Crippen molar-refractivity contribution < 1.29 is 0 Å². The van der Waals surface area contributed by atoms with Crippen LogP contribution in [0.2, 0.25) is 0 Å². The highest BCUT2D eigenvalue weighted by molar-refractivity contribution is 7.03. The van der Waals surface area contributed by atoms with Crippen LogP contribution in [0.3, 0.4) is 0 Å². The Morgan fingerprint density at radius 3 is 0.981 bits per heavy atom. The lowest BCUT2D eigenvalue weighted by molar-refractivity contribution is 0.590. The Labute approximate surface area is 623 Å². The smallest absolute Gasteiger partial charge is 0.252 e. The van der Waals surface area contributed by atoms with Crippen molar-refractivity contribution >= 4 is 149 Å². The summed E-state index contributed by atoms with van der Waals surface area (Å²) in [5.74, 6) is 0. The third kappa shape index (κ3) is 10.7. The van der Waals surface area contributed by atoms with Crippen LogP contribution in [0.4, 0.5) is 102 Å². The van der Waals surface area contributed by atoms with Crippen molar-refractivity contribution in [2.45, 2.75) is 52.4 Å². The van der Waals surface area contributed by atoms with Gasteiger partial charge in [-0.25, -0.2) is 0 Å². The largest absolute Gasteiger partial charge is 0.311 e. The standard InChI is InChI=1S/C98H78B2N6/c1-97(2,3)69-57-53-67(54-58-69)79-45-25-29-49-85(79)102(73-37-17-9-18-38-73)78-63-93-96-94(64-78)106(86-50-30-26-46-80(86)68-55-59-70(60-56-68)98(4,5)6)88-52-32-28-48-82(88)100(96)84-65-83-89(66-90(84)105(93)76-43-23-12-24-44-76)104(75-41-21-11-22-42-75)92-62-77(101(71-33-13-7-14-34-71)72-35-15-8-16-36-72)61-91-95(92)99(83)81-47-27-31-51-87(81)103(91)74-39-19-10-20-40-74/h7-66H,1-6H3. The second-order valence-corrected chi connectivity index (χ2v) is 30.5. The van der Waals surface area contributed by atoms with Crippen LogP contribution in [0.25, 0.3) is 22.3 Å². The van der Waals surface area contributed by atoms with E-state index in [-0.39, 0.29) is 24.3 Å². The van der Waals surface area contributed by atoms with Crippen LogP contribution < -0.4 is 62.2 Å². The summed E-state index contributed by atoms with van der Waals surface area (Å²) in [6.45, 7) is 13.3. The first-order valence-electron chi connectivity index (χ1n) is 37.1. The van der Waals surface area contributed by atoms with Crippen LogP contribution in [0, 0.1) is 0 Å². The predicted molar refractivity (Wildman–Crippen MR) is 452 cm³/mol. The predicted octanol–water partition coefficient (Wildman–Crippen LogP) is 22.7. The van der Waals surface area contributed by atoms with Gasteiger partial charge in [0.25, 0.3) is 13.4 Å².